The van der Waals surface area contributed by atoms with Crippen molar-refractivity contribution in [2.24, 2.45) is 5.10 Å². The molecular weight excluding hydrogens is 288 g/mol. The number of ether oxygens (including phenoxy) is 1. The molecular formula is C14H18N4O4. The summed E-state index contributed by atoms with van der Waals surface area (Å²) >= 11 is 0. The van der Waals surface area contributed by atoms with E-state index < -0.39 is 4.92 Å². The van der Waals surface area contributed by atoms with Gasteiger partial charge in [0.25, 0.3) is 11.6 Å². The fourth-order valence-corrected chi connectivity index (χ4v) is 2.08. The highest BCUT2D eigenvalue weighted by Gasteiger charge is 2.13. The number of nitro benzene ring substituents is 1. The third kappa shape index (κ3) is 4.61. The van der Waals surface area contributed by atoms with E-state index >= 15 is 0 Å². The minimum atomic E-state index is -0.441. The van der Waals surface area contributed by atoms with Gasteiger partial charge in [0.1, 0.15) is 0 Å². The fourth-order valence-electron chi connectivity index (χ4n) is 2.08. The molecule has 0 unspecified atom stereocenters. The zero-order valence-corrected chi connectivity index (χ0v) is 12.3. The highest BCUT2D eigenvalue weighted by atomic mass is 16.6. The van der Waals surface area contributed by atoms with E-state index in [1.165, 1.54) is 12.3 Å². The minimum absolute atomic E-state index is 0.0311. The Balaban J connectivity index is 1.87. The SMILES string of the molecule is Cc1ccc(/C=N\NC(=O)CN2CCOCC2)cc1[N+](=O)[O-]. The molecule has 22 heavy (non-hydrogen) atoms. The first-order chi connectivity index (χ1) is 10.6. The molecule has 0 spiro atoms. The van der Waals surface area contributed by atoms with E-state index in [9.17, 15) is 14.9 Å². The lowest BCUT2D eigenvalue weighted by Crippen LogP contribution is -2.42. The van der Waals surface area contributed by atoms with E-state index in [1.807, 2.05) is 4.90 Å². The van der Waals surface area contributed by atoms with Crippen LogP contribution in [0.5, 0.6) is 0 Å². The van der Waals surface area contributed by atoms with E-state index in [0.29, 0.717) is 24.3 Å². The third-order valence-electron chi connectivity index (χ3n) is 3.30. The summed E-state index contributed by atoms with van der Waals surface area (Å²) in [5.74, 6) is -0.222. The summed E-state index contributed by atoms with van der Waals surface area (Å²) in [6.45, 7) is 4.63. The van der Waals surface area contributed by atoms with Crippen LogP contribution in [-0.4, -0.2) is 54.8 Å². The molecule has 8 nitrogen and oxygen atoms in total. The Labute approximate surface area is 127 Å². The van der Waals surface area contributed by atoms with Gasteiger partial charge in [-0.1, -0.05) is 12.1 Å². The maximum absolute atomic E-state index is 11.7. The summed E-state index contributed by atoms with van der Waals surface area (Å²) in [6, 6.07) is 4.78. The van der Waals surface area contributed by atoms with E-state index in [1.54, 1.807) is 19.1 Å². The van der Waals surface area contributed by atoms with Crippen molar-refractivity contribution < 1.29 is 14.5 Å². The number of nitrogens with zero attached hydrogens (tertiary/aromatic N) is 3. The molecule has 1 amide bonds. The monoisotopic (exact) mass is 306 g/mol. The Morgan fingerprint density at radius 2 is 2.23 bits per heavy atom. The van der Waals surface area contributed by atoms with Crippen LogP contribution in [0.3, 0.4) is 0 Å². The van der Waals surface area contributed by atoms with Gasteiger partial charge in [0.2, 0.25) is 0 Å². The Morgan fingerprint density at radius 1 is 1.50 bits per heavy atom. The number of amides is 1. The predicted molar refractivity (Wildman–Crippen MR) is 80.8 cm³/mol. The molecule has 1 fully saturated rings. The van der Waals surface area contributed by atoms with Gasteiger partial charge in [-0.3, -0.25) is 19.8 Å². The van der Waals surface area contributed by atoms with E-state index in [2.05, 4.69) is 10.5 Å². The van der Waals surface area contributed by atoms with Crippen molar-refractivity contribution in [2.45, 2.75) is 6.92 Å². The molecule has 0 bridgehead atoms. The number of nitrogens with one attached hydrogen (secondary N) is 1. The molecule has 1 aromatic carbocycles. The van der Waals surface area contributed by atoms with Gasteiger partial charge in [-0.2, -0.15) is 5.10 Å². The smallest absolute Gasteiger partial charge is 0.272 e. The molecule has 0 saturated carbocycles. The van der Waals surface area contributed by atoms with E-state index in [0.717, 1.165) is 13.1 Å². The van der Waals surface area contributed by atoms with Crippen LogP contribution in [0.1, 0.15) is 11.1 Å². The summed E-state index contributed by atoms with van der Waals surface area (Å²) in [7, 11) is 0. The predicted octanol–water partition coefficient (Wildman–Crippen LogP) is 0.686. The summed E-state index contributed by atoms with van der Waals surface area (Å²) in [5.41, 5.74) is 3.59. The number of rotatable bonds is 5. The zero-order chi connectivity index (χ0) is 15.9. The molecule has 1 N–H and O–H groups in total. The molecule has 118 valence electrons. The number of nitro groups is 1. The van der Waals surface area contributed by atoms with Gasteiger partial charge in [-0.05, 0) is 6.92 Å². The first kappa shape index (κ1) is 16.1. The van der Waals surface area contributed by atoms with Crippen molar-refractivity contribution in [1.29, 1.82) is 0 Å². The average molecular weight is 306 g/mol. The Bertz CT molecular complexity index is 582. The van der Waals surface area contributed by atoms with Crippen molar-refractivity contribution in [3.8, 4) is 0 Å². The van der Waals surface area contributed by atoms with Crippen LogP contribution >= 0.6 is 0 Å². The summed E-state index contributed by atoms with van der Waals surface area (Å²) < 4.78 is 5.20. The maximum Gasteiger partial charge on any atom is 0.272 e. The Morgan fingerprint density at radius 3 is 2.91 bits per heavy atom. The van der Waals surface area contributed by atoms with E-state index in [4.69, 9.17) is 4.74 Å². The van der Waals surface area contributed by atoms with Crippen LogP contribution in [0, 0.1) is 17.0 Å². The second-order valence-corrected chi connectivity index (χ2v) is 4.98. The lowest BCUT2D eigenvalue weighted by molar-refractivity contribution is -0.385. The van der Waals surface area contributed by atoms with Crippen molar-refractivity contribution in [3.63, 3.8) is 0 Å². The normalized spacial score (nSPS) is 15.9. The molecule has 0 atom stereocenters. The quantitative estimate of drug-likeness (QED) is 0.490. The molecule has 1 aromatic rings. The van der Waals surface area contributed by atoms with Gasteiger partial charge in [-0.25, -0.2) is 5.43 Å². The Hall–Kier alpha value is -2.32. The average Bonchev–Trinajstić information content (AvgIpc) is 2.49. The molecule has 8 heteroatoms. The molecule has 1 saturated heterocycles. The summed E-state index contributed by atoms with van der Waals surface area (Å²) in [5, 5.41) is 14.7. The highest BCUT2D eigenvalue weighted by Crippen LogP contribution is 2.18. The highest BCUT2D eigenvalue weighted by molar-refractivity contribution is 5.83. The van der Waals surface area contributed by atoms with Crippen molar-refractivity contribution in [3.05, 3.63) is 39.4 Å². The van der Waals surface area contributed by atoms with Crippen molar-refractivity contribution >= 4 is 17.8 Å². The number of hydrogen-bond donors (Lipinski definition) is 1. The second kappa shape index (κ2) is 7.62. The minimum Gasteiger partial charge on any atom is -0.379 e. The third-order valence-corrected chi connectivity index (χ3v) is 3.30. The summed E-state index contributed by atoms with van der Waals surface area (Å²) in [6.07, 6.45) is 1.39. The van der Waals surface area contributed by atoms with Gasteiger partial charge < -0.3 is 4.74 Å². The molecule has 0 aromatic heterocycles. The number of hydrazone groups is 1. The van der Waals surface area contributed by atoms with Gasteiger partial charge in [-0.15, -0.1) is 0 Å². The van der Waals surface area contributed by atoms with Crippen LogP contribution in [0.4, 0.5) is 5.69 Å². The van der Waals surface area contributed by atoms with Crippen LogP contribution < -0.4 is 5.43 Å². The number of hydrogen-bond acceptors (Lipinski definition) is 6. The topological polar surface area (TPSA) is 97.1 Å². The first-order valence-corrected chi connectivity index (χ1v) is 6.93. The summed E-state index contributed by atoms with van der Waals surface area (Å²) in [4.78, 5) is 24.1. The lowest BCUT2D eigenvalue weighted by atomic mass is 10.1. The molecule has 1 aliphatic heterocycles. The first-order valence-electron chi connectivity index (χ1n) is 6.93. The zero-order valence-electron chi connectivity index (χ0n) is 12.3. The number of morpholine rings is 1. The molecule has 1 aliphatic rings. The van der Waals surface area contributed by atoms with Gasteiger partial charge in [0.15, 0.2) is 0 Å². The van der Waals surface area contributed by atoms with Crippen LogP contribution in [0.15, 0.2) is 23.3 Å². The largest absolute Gasteiger partial charge is 0.379 e. The molecule has 0 aliphatic carbocycles. The van der Waals surface area contributed by atoms with Crippen LogP contribution in [0.2, 0.25) is 0 Å². The van der Waals surface area contributed by atoms with Crippen LogP contribution in [-0.2, 0) is 9.53 Å². The molecule has 0 radical (unpaired) electrons. The van der Waals surface area contributed by atoms with Crippen molar-refractivity contribution in [1.82, 2.24) is 10.3 Å². The van der Waals surface area contributed by atoms with Gasteiger partial charge >= 0.3 is 0 Å². The molecule has 2 rings (SSSR count). The fraction of sp³-hybridized carbons (Fsp3) is 0.429. The van der Waals surface area contributed by atoms with Gasteiger partial charge in [0, 0.05) is 30.3 Å². The van der Waals surface area contributed by atoms with Crippen LogP contribution in [0.25, 0.3) is 0 Å². The van der Waals surface area contributed by atoms with E-state index in [-0.39, 0.29) is 18.1 Å². The number of benzene rings is 1. The number of carbonyl (C=O) groups excluding carboxylic acids is 1. The number of carbonyl (C=O) groups is 1. The lowest BCUT2D eigenvalue weighted by Gasteiger charge is -2.25. The standard InChI is InChI=1S/C14H18N4O4/c1-11-2-3-12(8-13(11)18(20)21)9-15-16-14(19)10-17-4-6-22-7-5-17/h2-3,8-9H,4-7,10H2,1H3,(H,16,19)/b15-9-. The molecule has 1 heterocycles. The van der Waals surface area contributed by atoms with Crippen molar-refractivity contribution in [2.75, 3.05) is 32.8 Å². The van der Waals surface area contributed by atoms with Gasteiger partial charge in [0.05, 0.1) is 30.9 Å². The number of aryl methyl sites for hydroxylation is 1. The maximum atomic E-state index is 11.7. The Kier molecular flexibility index (Phi) is 5.56. The second-order valence-electron chi connectivity index (χ2n) is 4.98.